The fraction of sp³-hybridized carbons (Fsp3) is 0.522. The average Bonchev–Trinajstić information content (AvgIpc) is 3.47. The minimum atomic E-state index is -0.845. The Kier molecular flexibility index (Phi) is 5.38. The molecule has 5 rings (SSSR count). The summed E-state index contributed by atoms with van der Waals surface area (Å²) in [6.07, 6.45) is 9.73. The summed E-state index contributed by atoms with van der Waals surface area (Å²) in [5.74, 6) is 1.77. The molecule has 2 fully saturated rings. The lowest BCUT2D eigenvalue weighted by Crippen LogP contribution is -2.22. The first-order chi connectivity index (χ1) is 15.2. The van der Waals surface area contributed by atoms with E-state index < -0.39 is 6.17 Å². The predicted molar refractivity (Wildman–Crippen MR) is 118 cm³/mol. The fourth-order valence-electron chi connectivity index (χ4n) is 4.71. The summed E-state index contributed by atoms with van der Waals surface area (Å²) in [6, 6.07) is 4.21. The first-order valence-electron chi connectivity index (χ1n) is 11.0. The molecule has 1 saturated heterocycles. The molecule has 8 heteroatoms. The fourth-order valence-corrected chi connectivity index (χ4v) is 4.71. The van der Waals surface area contributed by atoms with Gasteiger partial charge in [0.25, 0.3) is 0 Å². The Hall–Kier alpha value is -2.90. The molecular formula is C23H28FN5O2. The lowest BCUT2D eigenvalue weighted by Gasteiger charge is -2.21. The number of aromatic nitrogens is 4. The number of nitrogens with zero attached hydrogens (tertiary/aromatic N) is 5. The molecule has 31 heavy (non-hydrogen) atoms. The summed E-state index contributed by atoms with van der Waals surface area (Å²) in [5.41, 5.74) is 2.46. The van der Waals surface area contributed by atoms with Gasteiger partial charge in [-0.2, -0.15) is 5.10 Å². The number of benzene rings is 1. The van der Waals surface area contributed by atoms with Crippen LogP contribution in [0, 0.1) is 0 Å². The molecule has 1 aliphatic carbocycles. The van der Waals surface area contributed by atoms with Crippen LogP contribution in [0.3, 0.4) is 0 Å². The number of alkyl halides is 1. The first kappa shape index (κ1) is 20.0. The van der Waals surface area contributed by atoms with Crippen LogP contribution in [0.5, 0.6) is 11.5 Å². The van der Waals surface area contributed by atoms with E-state index in [1.807, 2.05) is 23.2 Å². The summed E-state index contributed by atoms with van der Waals surface area (Å²) in [4.78, 5) is 11.5. The van der Waals surface area contributed by atoms with Gasteiger partial charge < -0.3 is 14.4 Å². The molecule has 3 aromatic rings. The van der Waals surface area contributed by atoms with Crippen molar-refractivity contribution >= 4 is 16.9 Å². The Labute approximate surface area is 181 Å². The van der Waals surface area contributed by atoms with Gasteiger partial charge in [0.1, 0.15) is 6.17 Å². The molecule has 164 valence electrons. The van der Waals surface area contributed by atoms with Crippen molar-refractivity contribution < 1.29 is 13.9 Å². The van der Waals surface area contributed by atoms with E-state index in [0.29, 0.717) is 43.0 Å². The highest BCUT2D eigenvalue weighted by molar-refractivity contribution is 5.95. The number of hydrogen-bond donors (Lipinski definition) is 0. The Balaban J connectivity index is 1.63. The van der Waals surface area contributed by atoms with Gasteiger partial charge in [-0.1, -0.05) is 19.3 Å². The molecule has 1 aliphatic heterocycles. The number of ether oxygens (including phenoxy) is 2. The summed E-state index contributed by atoms with van der Waals surface area (Å²) >= 11 is 0. The molecule has 1 atom stereocenters. The third-order valence-corrected chi connectivity index (χ3v) is 6.43. The van der Waals surface area contributed by atoms with E-state index in [1.54, 1.807) is 14.2 Å². The average molecular weight is 426 g/mol. The molecule has 0 radical (unpaired) electrons. The highest BCUT2D eigenvalue weighted by Gasteiger charge is 2.26. The summed E-state index contributed by atoms with van der Waals surface area (Å²) in [7, 11) is 3.22. The van der Waals surface area contributed by atoms with Gasteiger partial charge in [0.15, 0.2) is 11.5 Å². The Morgan fingerprint density at radius 1 is 1.00 bits per heavy atom. The monoisotopic (exact) mass is 425 g/mol. The molecule has 0 unspecified atom stereocenters. The van der Waals surface area contributed by atoms with E-state index in [9.17, 15) is 4.39 Å². The molecule has 0 spiro atoms. The SMILES string of the molecule is COc1cc2nc(N3CC[C@@H](F)C3)nc(-c3cnn(C4CCCCC4)c3)c2cc1OC. The zero-order chi connectivity index (χ0) is 21.4. The standard InChI is InChI=1S/C23H28FN5O2/c1-30-20-10-18-19(11-21(20)31-2)26-23(28-9-8-16(24)14-28)27-22(18)15-12-25-29(13-15)17-6-4-3-5-7-17/h10-13,16-17H,3-9,14H2,1-2H3/t16-/m1/s1. The second-order valence-corrected chi connectivity index (χ2v) is 8.43. The van der Waals surface area contributed by atoms with Gasteiger partial charge in [-0.05, 0) is 25.3 Å². The molecule has 0 bridgehead atoms. The van der Waals surface area contributed by atoms with Crippen molar-refractivity contribution in [3.05, 3.63) is 24.5 Å². The largest absolute Gasteiger partial charge is 0.493 e. The van der Waals surface area contributed by atoms with Crippen LogP contribution in [0.4, 0.5) is 10.3 Å². The Morgan fingerprint density at radius 2 is 1.77 bits per heavy atom. The molecule has 1 aromatic carbocycles. The smallest absolute Gasteiger partial charge is 0.226 e. The predicted octanol–water partition coefficient (Wildman–Crippen LogP) is 4.56. The van der Waals surface area contributed by atoms with Gasteiger partial charge in [0.05, 0.1) is 44.2 Å². The molecule has 2 aromatic heterocycles. The van der Waals surface area contributed by atoms with E-state index in [0.717, 1.165) is 35.0 Å². The maximum Gasteiger partial charge on any atom is 0.226 e. The van der Waals surface area contributed by atoms with E-state index in [2.05, 4.69) is 16.0 Å². The van der Waals surface area contributed by atoms with E-state index in [-0.39, 0.29) is 0 Å². The lowest BCUT2D eigenvalue weighted by molar-refractivity contribution is 0.329. The highest BCUT2D eigenvalue weighted by Crippen LogP contribution is 2.37. The van der Waals surface area contributed by atoms with E-state index in [1.165, 1.54) is 19.3 Å². The zero-order valence-electron chi connectivity index (χ0n) is 18.1. The Bertz CT molecular complexity index is 1080. The van der Waals surface area contributed by atoms with Gasteiger partial charge >= 0.3 is 0 Å². The summed E-state index contributed by atoms with van der Waals surface area (Å²) in [5, 5.41) is 5.53. The topological polar surface area (TPSA) is 65.3 Å². The maximum absolute atomic E-state index is 13.9. The maximum atomic E-state index is 13.9. The van der Waals surface area contributed by atoms with Gasteiger partial charge in [-0.3, -0.25) is 4.68 Å². The molecule has 0 N–H and O–H groups in total. The molecule has 0 amide bonds. The van der Waals surface area contributed by atoms with Crippen LogP contribution in [0.1, 0.15) is 44.6 Å². The van der Waals surface area contributed by atoms with E-state index >= 15 is 0 Å². The van der Waals surface area contributed by atoms with E-state index in [4.69, 9.17) is 19.4 Å². The number of rotatable bonds is 5. The van der Waals surface area contributed by atoms with Crippen LogP contribution in [0.15, 0.2) is 24.5 Å². The molecule has 1 saturated carbocycles. The normalized spacial score (nSPS) is 19.8. The Morgan fingerprint density at radius 3 is 2.48 bits per heavy atom. The van der Waals surface area contributed by atoms with Crippen molar-refractivity contribution in [3.63, 3.8) is 0 Å². The van der Waals surface area contributed by atoms with Gasteiger partial charge in [-0.25, -0.2) is 14.4 Å². The van der Waals surface area contributed by atoms with Crippen molar-refractivity contribution in [2.75, 3.05) is 32.2 Å². The van der Waals surface area contributed by atoms with Gasteiger partial charge in [-0.15, -0.1) is 0 Å². The van der Waals surface area contributed by atoms with Crippen LogP contribution in [0.25, 0.3) is 22.2 Å². The van der Waals surface area contributed by atoms with Crippen LogP contribution in [0.2, 0.25) is 0 Å². The number of methoxy groups -OCH3 is 2. The second kappa shape index (κ2) is 8.32. The third-order valence-electron chi connectivity index (χ3n) is 6.43. The zero-order valence-corrected chi connectivity index (χ0v) is 18.1. The van der Waals surface area contributed by atoms with Crippen molar-refractivity contribution in [2.45, 2.75) is 50.7 Å². The molecule has 2 aliphatic rings. The van der Waals surface area contributed by atoms with Gasteiger partial charge in [0.2, 0.25) is 5.95 Å². The quantitative estimate of drug-likeness (QED) is 0.597. The molecule has 7 nitrogen and oxygen atoms in total. The van der Waals surface area contributed by atoms with Crippen LogP contribution in [-0.2, 0) is 0 Å². The van der Waals surface area contributed by atoms with Crippen LogP contribution >= 0.6 is 0 Å². The second-order valence-electron chi connectivity index (χ2n) is 8.43. The number of fused-ring (bicyclic) bond motifs is 1. The number of anilines is 1. The summed E-state index contributed by atoms with van der Waals surface area (Å²) < 4.78 is 27.0. The first-order valence-corrected chi connectivity index (χ1v) is 11.0. The van der Waals surface area contributed by atoms with Crippen LogP contribution in [-0.4, -0.2) is 53.2 Å². The highest BCUT2D eigenvalue weighted by atomic mass is 19.1. The van der Waals surface area contributed by atoms with Crippen molar-refractivity contribution in [1.29, 1.82) is 0 Å². The van der Waals surface area contributed by atoms with Crippen molar-refractivity contribution in [2.24, 2.45) is 0 Å². The minimum absolute atomic E-state index is 0.319. The lowest BCUT2D eigenvalue weighted by atomic mass is 9.96. The molecule has 3 heterocycles. The van der Waals surface area contributed by atoms with Gasteiger partial charge in [0, 0.05) is 29.8 Å². The number of halogens is 1. The summed E-state index contributed by atoms with van der Waals surface area (Å²) in [6.45, 7) is 0.931. The van der Waals surface area contributed by atoms with Crippen LogP contribution < -0.4 is 14.4 Å². The molecular weight excluding hydrogens is 397 g/mol. The third kappa shape index (κ3) is 3.79. The van der Waals surface area contributed by atoms with Crippen molar-refractivity contribution in [1.82, 2.24) is 19.7 Å². The number of hydrogen-bond acceptors (Lipinski definition) is 6. The van der Waals surface area contributed by atoms with Crippen molar-refractivity contribution in [3.8, 4) is 22.8 Å². The minimum Gasteiger partial charge on any atom is -0.493 e.